The molecule has 0 radical (unpaired) electrons. The number of carboxylic acid groups (broad SMARTS) is 1. The summed E-state index contributed by atoms with van der Waals surface area (Å²) in [4.78, 5) is 30.2. The average Bonchev–Trinajstić information content (AvgIpc) is 2.96. The maximum atomic E-state index is 12.8. The van der Waals surface area contributed by atoms with Gasteiger partial charge in [0.25, 0.3) is 0 Å². The van der Waals surface area contributed by atoms with Crippen molar-refractivity contribution in [1.82, 2.24) is 15.2 Å². The Hall–Kier alpha value is -3.46. The van der Waals surface area contributed by atoms with Gasteiger partial charge in [-0.3, -0.25) is 9.69 Å². The zero-order chi connectivity index (χ0) is 23.4. The first-order valence-corrected chi connectivity index (χ1v) is 11.7. The molecule has 9 heteroatoms. The van der Waals surface area contributed by atoms with Crippen molar-refractivity contribution in [3.63, 3.8) is 0 Å². The lowest BCUT2D eigenvalue weighted by atomic mass is 10.1. The highest BCUT2D eigenvalue weighted by Crippen LogP contribution is 2.43. The van der Waals surface area contributed by atoms with Crippen molar-refractivity contribution in [2.24, 2.45) is 0 Å². The number of amides is 1. The first-order chi connectivity index (χ1) is 16.0. The molecule has 8 nitrogen and oxygen atoms in total. The SMILES string of the molecule is CCCCCSc1nnc2c(n1)OC(c1ccc(C(=O)O)cc1)N(C(C)=O)c1ccccc1-2. The van der Waals surface area contributed by atoms with Gasteiger partial charge in [0.15, 0.2) is 5.69 Å². The predicted octanol–water partition coefficient (Wildman–Crippen LogP) is 4.96. The molecule has 1 aromatic heterocycles. The summed E-state index contributed by atoms with van der Waals surface area (Å²) in [6, 6.07) is 13.6. The number of carboxylic acids is 1. The Labute approximate surface area is 196 Å². The van der Waals surface area contributed by atoms with E-state index in [0.29, 0.717) is 27.7 Å². The summed E-state index contributed by atoms with van der Waals surface area (Å²) in [6.07, 6.45) is 2.48. The van der Waals surface area contributed by atoms with Gasteiger partial charge in [0.1, 0.15) is 0 Å². The summed E-state index contributed by atoms with van der Waals surface area (Å²) in [5.74, 6) is -0.0924. The third kappa shape index (κ3) is 4.83. The van der Waals surface area contributed by atoms with E-state index in [1.807, 2.05) is 24.3 Å². The van der Waals surface area contributed by atoms with Crippen molar-refractivity contribution in [1.29, 1.82) is 0 Å². The van der Waals surface area contributed by atoms with Gasteiger partial charge in [-0.2, -0.15) is 4.98 Å². The second kappa shape index (κ2) is 9.99. The highest BCUT2D eigenvalue weighted by Gasteiger charge is 2.34. The van der Waals surface area contributed by atoms with Crippen LogP contribution in [0.25, 0.3) is 11.3 Å². The highest BCUT2D eigenvalue weighted by molar-refractivity contribution is 7.99. The molecule has 0 aliphatic carbocycles. The number of unbranched alkanes of at least 4 members (excludes halogenated alkanes) is 2. The largest absolute Gasteiger partial charge is 0.478 e. The standard InChI is InChI=1S/C24H24N4O4S/c1-3-4-7-14-33-24-25-21-20(26-27-24)18-8-5-6-9-19(18)28(15(2)29)22(32-21)16-10-12-17(13-11-16)23(30)31/h5-6,8-13,22H,3-4,7,14H2,1-2H3,(H,30,31). The molecule has 1 amide bonds. The van der Waals surface area contributed by atoms with Gasteiger partial charge in [-0.25, -0.2) is 4.79 Å². The van der Waals surface area contributed by atoms with E-state index < -0.39 is 12.2 Å². The minimum atomic E-state index is -1.02. The van der Waals surface area contributed by atoms with Crippen molar-refractivity contribution in [3.05, 3.63) is 59.7 Å². The summed E-state index contributed by atoms with van der Waals surface area (Å²) < 4.78 is 6.30. The second-order valence-corrected chi connectivity index (χ2v) is 8.67. The molecule has 0 saturated heterocycles. The van der Waals surface area contributed by atoms with Crippen LogP contribution in [0.2, 0.25) is 0 Å². The number of ether oxygens (including phenoxy) is 1. The number of aromatic nitrogens is 3. The van der Waals surface area contributed by atoms with E-state index in [-0.39, 0.29) is 17.4 Å². The molecule has 0 spiro atoms. The van der Waals surface area contributed by atoms with Crippen LogP contribution in [0.15, 0.2) is 53.7 Å². The fraction of sp³-hybridized carbons (Fsp3) is 0.292. The van der Waals surface area contributed by atoms with Gasteiger partial charge in [0.05, 0.1) is 11.3 Å². The van der Waals surface area contributed by atoms with E-state index in [9.17, 15) is 14.7 Å². The molecule has 1 N–H and O–H groups in total. The van der Waals surface area contributed by atoms with E-state index in [4.69, 9.17) is 4.74 Å². The minimum absolute atomic E-state index is 0.150. The number of thioether (sulfide) groups is 1. The molecule has 0 bridgehead atoms. The van der Waals surface area contributed by atoms with Gasteiger partial charge in [0, 0.05) is 23.8 Å². The van der Waals surface area contributed by atoms with Crippen molar-refractivity contribution in [3.8, 4) is 17.1 Å². The van der Waals surface area contributed by atoms with Crippen molar-refractivity contribution in [2.45, 2.75) is 44.5 Å². The van der Waals surface area contributed by atoms with Crippen LogP contribution in [-0.2, 0) is 4.79 Å². The van der Waals surface area contributed by atoms with Crippen LogP contribution in [0.3, 0.4) is 0 Å². The van der Waals surface area contributed by atoms with Gasteiger partial charge in [0.2, 0.25) is 23.2 Å². The van der Waals surface area contributed by atoms with Crippen LogP contribution in [-0.4, -0.2) is 37.9 Å². The quantitative estimate of drug-likeness (QED) is 0.386. The summed E-state index contributed by atoms with van der Waals surface area (Å²) in [7, 11) is 0. The number of carbonyl (C=O) groups is 2. The molecule has 1 aliphatic heterocycles. The lowest BCUT2D eigenvalue weighted by molar-refractivity contribution is -0.118. The second-order valence-electron chi connectivity index (χ2n) is 7.61. The maximum absolute atomic E-state index is 12.8. The number of carbonyl (C=O) groups excluding carboxylic acids is 1. The molecule has 2 heterocycles. The molecule has 33 heavy (non-hydrogen) atoms. The zero-order valence-corrected chi connectivity index (χ0v) is 19.2. The molecular formula is C24H24N4O4S. The third-order valence-electron chi connectivity index (χ3n) is 5.27. The van der Waals surface area contributed by atoms with Crippen LogP contribution >= 0.6 is 11.8 Å². The Morgan fingerprint density at radius 3 is 2.55 bits per heavy atom. The van der Waals surface area contributed by atoms with E-state index in [1.165, 1.54) is 35.7 Å². The normalized spacial score (nSPS) is 14.6. The highest BCUT2D eigenvalue weighted by atomic mass is 32.2. The number of anilines is 1. The number of nitrogens with zero attached hydrogens (tertiary/aromatic N) is 4. The lowest BCUT2D eigenvalue weighted by Crippen LogP contribution is -2.36. The Morgan fingerprint density at radius 1 is 1.09 bits per heavy atom. The van der Waals surface area contributed by atoms with Crippen molar-refractivity contribution >= 4 is 29.3 Å². The molecular weight excluding hydrogens is 440 g/mol. The number of para-hydroxylation sites is 1. The van der Waals surface area contributed by atoms with Gasteiger partial charge < -0.3 is 9.84 Å². The van der Waals surface area contributed by atoms with Gasteiger partial charge >= 0.3 is 5.97 Å². The average molecular weight is 465 g/mol. The van der Waals surface area contributed by atoms with Crippen molar-refractivity contribution < 1.29 is 19.4 Å². The Balaban J connectivity index is 1.78. The number of hydrogen-bond acceptors (Lipinski definition) is 7. The van der Waals surface area contributed by atoms with E-state index in [2.05, 4.69) is 22.1 Å². The number of hydrogen-bond donors (Lipinski definition) is 1. The van der Waals surface area contributed by atoms with Crippen LogP contribution in [0.1, 0.15) is 55.3 Å². The number of rotatable bonds is 7. The van der Waals surface area contributed by atoms with Crippen molar-refractivity contribution in [2.75, 3.05) is 10.7 Å². The molecule has 0 saturated carbocycles. The Bertz CT molecular complexity index is 1170. The monoisotopic (exact) mass is 464 g/mol. The van der Waals surface area contributed by atoms with Gasteiger partial charge in [-0.15, -0.1) is 10.2 Å². The number of aromatic carboxylic acids is 1. The first kappa shape index (κ1) is 22.7. The maximum Gasteiger partial charge on any atom is 0.335 e. The van der Waals surface area contributed by atoms with Crippen LogP contribution in [0.4, 0.5) is 5.69 Å². The summed E-state index contributed by atoms with van der Waals surface area (Å²) in [5.41, 5.74) is 2.54. The van der Waals surface area contributed by atoms with Gasteiger partial charge in [-0.1, -0.05) is 61.9 Å². The molecule has 170 valence electrons. The zero-order valence-electron chi connectivity index (χ0n) is 18.4. The predicted molar refractivity (Wildman–Crippen MR) is 125 cm³/mol. The molecule has 1 atom stereocenters. The smallest absolute Gasteiger partial charge is 0.335 e. The number of fused-ring (bicyclic) bond motifs is 3. The van der Waals surface area contributed by atoms with E-state index in [1.54, 1.807) is 12.1 Å². The summed E-state index contributed by atoms with van der Waals surface area (Å²) >= 11 is 1.52. The minimum Gasteiger partial charge on any atom is -0.478 e. The lowest BCUT2D eigenvalue weighted by Gasteiger charge is -2.29. The fourth-order valence-corrected chi connectivity index (χ4v) is 4.41. The van der Waals surface area contributed by atoms with Gasteiger partial charge in [-0.05, 0) is 24.6 Å². The third-order valence-corrected chi connectivity index (χ3v) is 6.20. The van der Waals surface area contributed by atoms with E-state index in [0.717, 1.165) is 25.0 Å². The molecule has 2 aromatic carbocycles. The molecule has 4 rings (SSSR count). The Kier molecular flexibility index (Phi) is 6.88. The molecule has 1 unspecified atom stereocenters. The molecule has 3 aromatic rings. The van der Waals surface area contributed by atoms with Crippen LogP contribution in [0.5, 0.6) is 5.88 Å². The molecule has 1 aliphatic rings. The van der Waals surface area contributed by atoms with Crippen LogP contribution < -0.4 is 9.64 Å². The summed E-state index contributed by atoms with van der Waals surface area (Å²) in [6.45, 7) is 3.61. The topological polar surface area (TPSA) is 106 Å². The fourth-order valence-electron chi connectivity index (χ4n) is 3.64. The first-order valence-electron chi connectivity index (χ1n) is 10.8. The number of benzene rings is 2. The summed E-state index contributed by atoms with van der Waals surface area (Å²) in [5, 5.41) is 18.4. The van der Waals surface area contributed by atoms with Crippen LogP contribution in [0, 0.1) is 0 Å². The molecule has 0 fully saturated rings. The van der Waals surface area contributed by atoms with E-state index >= 15 is 0 Å². The Morgan fingerprint density at radius 2 is 1.85 bits per heavy atom.